The van der Waals surface area contributed by atoms with Crippen molar-refractivity contribution < 1.29 is 0 Å². The number of hydrogen-bond acceptors (Lipinski definition) is 0. The SMILES string of the molecule is C=Cc1c(-c2ccccc2)c(-c2ccccc2)c(C)c2ccccc12. The van der Waals surface area contributed by atoms with Crippen LogP contribution in [0.5, 0.6) is 0 Å². The zero-order valence-corrected chi connectivity index (χ0v) is 14.4. The maximum Gasteiger partial charge on any atom is -0.00239 e. The van der Waals surface area contributed by atoms with Gasteiger partial charge in [-0.1, -0.05) is 97.6 Å². The molecule has 0 fully saturated rings. The van der Waals surface area contributed by atoms with E-state index in [2.05, 4.69) is 98.4 Å². The molecule has 0 aliphatic rings. The van der Waals surface area contributed by atoms with Crippen molar-refractivity contribution in [3.05, 3.63) is 103 Å². The summed E-state index contributed by atoms with van der Waals surface area (Å²) in [5.41, 5.74) is 7.54. The summed E-state index contributed by atoms with van der Waals surface area (Å²) in [5, 5.41) is 2.55. The van der Waals surface area contributed by atoms with Gasteiger partial charge in [0.15, 0.2) is 0 Å². The van der Waals surface area contributed by atoms with E-state index in [4.69, 9.17) is 0 Å². The molecule has 4 aromatic rings. The molecule has 0 bridgehead atoms. The molecule has 120 valence electrons. The molecule has 0 nitrogen and oxygen atoms in total. The molecule has 0 aromatic heterocycles. The molecule has 0 N–H and O–H groups in total. The van der Waals surface area contributed by atoms with Crippen molar-refractivity contribution in [3.63, 3.8) is 0 Å². The number of hydrogen-bond donors (Lipinski definition) is 0. The summed E-state index contributed by atoms with van der Waals surface area (Å²) < 4.78 is 0. The molecule has 0 heteroatoms. The van der Waals surface area contributed by atoms with Gasteiger partial charge in [-0.2, -0.15) is 0 Å². The highest BCUT2D eigenvalue weighted by molar-refractivity contribution is 6.06. The van der Waals surface area contributed by atoms with E-state index in [-0.39, 0.29) is 0 Å². The van der Waals surface area contributed by atoms with E-state index in [0.29, 0.717) is 0 Å². The van der Waals surface area contributed by atoms with Gasteiger partial charge in [-0.3, -0.25) is 0 Å². The zero-order chi connectivity index (χ0) is 17.2. The van der Waals surface area contributed by atoms with Crippen LogP contribution in [0, 0.1) is 6.92 Å². The summed E-state index contributed by atoms with van der Waals surface area (Å²) in [6.07, 6.45) is 2.00. The quantitative estimate of drug-likeness (QED) is 0.377. The maximum atomic E-state index is 4.13. The van der Waals surface area contributed by atoms with E-state index in [9.17, 15) is 0 Å². The molecule has 0 aliphatic carbocycles. The molecular weight excluding hydrogens is 300 g/mol. The van der Waals surface area contributed by atoms with Crippen LogP contribution in [0.2, 0.25) is 0 Å². The molecule has 0 spiro atoms. The first kappa shape index (κ1) is 15.4. The normalized spacial score (nSPS) is 10.8. The third kappa shape index (κ3) is 2.56. The molecule has 4 aromatic carbocycles. The van der Waals surface area contributed by atoms with Crippen molar-refractivity contribution in [2.75, 3.05) is 0 Å². The second kappa shape index (κ2) is 6.41. The van der Waals surface area contributed by atoms with Gasteiger partial charge < -0.3 is 0 Å². The Bertz CT molecular complexity index is 1040. The average molecular weight is 320 g/mol. The lowest BCUT2D eigenvalue weighted by molar-refractivity contribution is 1.49. The molecule has 0 amide bonds. The van der Waals surface area contributed by atoms with Crippen molar-refractivity contribution in [1.82, 2.24) is 0 Å². The van der Waals surface area contributed by atoms with Gasteiger partial charge in [0.25, 0.3) is 0 Å². The van der Waals surface area contributed by atoms with Gasteiger partial charge in [0.2, 0.25) is 0 Å². The zero-order valence-electron chi connectivity index (χ0n) is 14.4. The Morgan fingerprint density at radius 2 is 1.08 bits per heavy atom. The van der Waals surface area contributed by atoms with E-state index < -0.39 is 0 Å². The molecule has 0 heterocycles. The molecule has 4 rings (SSSR count). The fourth-order valence-electron chi connectivity index (χ4n) is 3.72. The van der Waals surface area contributed by atoms with E-state index in [1.54, 1.807) is 0 Å². The number of aryl methyl sites for hydroxylation is 1. The monoisotopic (exact) mass is 320 g/mol. The highest BCUT2D eigenvalue weighted by atomic mass is 14.2. The fourth-order valence-corrected chi connectivity index (χ4v) is 3.72. The fraction of sp³-hybridized carbons (Fsp3) is 0.0400. The molecule has 0 unspecified atom stereocenters. The van der Waals surface area contributed by atoms with Crippen LogP contribution in [0.25, 0.3) is 39.1 Å². The van der Waals surface area contributed by atoms with Crippen molar-refractivity contribution in [2.24, 2.45) is 0 Å². The summed E-state index contributed by atoms with van der Waals surface area (Å²) in [6.45, 7) is 6.36. The molecule has 25 heavy (non-hydrogen) atoms. The Kier molecular flexibility index (Phi) is 3.95. The van der Waals surface area contributed by atoms with Gasteiger partial charge in [0.1, 0.15) is 0 Å². The largest absolute Gasteiger partial charge is 0.0984 e. The lowest BCUT2D eigenvalue weighted by Crippen LogP contribution is -1.95. The predicted molar refractivity (Wildman–Crippen MR) is 110 cm³/mol. The third-order valence-corrected chi connectivity index (χ3v) is 4.84. The molecular formula is C25H20. The highest BCUT2D eigenvalue weighted by Crippen LogP contribution is 2.42. The van der Waals surface area contributed by atoms with Crippen LogP contribution in [0.4, 0.5) is 0 Å². The predicted octanol–water partition coefficient (Wildman–Crippen LogP) is 7.13. The lowest BCUT2D eigenvalue weighted by Gasteiger charge is -2.20. The van der Waals surface area contributed by atoms with Crippen LogP contribution in [0.3, 0.4) is 0 Å². The van der Waals surface area contributed by atoms with E-state index in [1.165, 1.54) is 44.2 Å². The first-order valence-corrected chi connectivity index (χ1v) is 8.60. The van der Waals surface area contributed by atoms with E-state index >= 15 is 0 Å². The standard InChI is InChI=1S/C25H20/c1-3-21-23-17-11-10-16-22(23)18(2)24(19-12-6-4-7-13-19)25(21)20-14-8-5-9-15-20/h3-17H,1H2,2H3. The third-order valence-electron chi connectivity index (χ3n) is 4.84. The average Bonchev–Trinajstić information content (AvgIpc) is 2.69. The molecule has 0 saturated carbocycles. The first-order valence-electron chi connectivity index (χ1n) is 8.60. The number of benzene rings is 4. The topological polar surface area (TPSA) is 0 Å². The smallest absolute Gasteiger partial charge is 0.00239 e. The highest BCUT2D eigenvalue weighted by Gasteiger charge is 2.17. The van der Waals surface area contributed by atoms with Crippen LogP contribution in [-0.2, 0) is 0 Å². The van der Waals surface area contributed by atoms with Gasteiger partial charge in [0.05, 0.1) is 0 Å². The molecule has 0 aliphatic heterocycles. The van der Waals surface area contributed by atoms with Crippen molar-refractivity contribution in [3.8, 4) is 22.3 Å². The minimum Gasteiger partial charge on any atom is -0.0984 e. The van der Waals surface area contributed by atoms with Gasteiger partial charge in [-0.05, 0) is 51.1 Å². The van der Waals surface area contributed by atoms with Gasteiger partial charge >= 0.3 is 0 Å². The van der Waals surface area contributed by atoms with Crippen LogP contribution < -0.4 is 0 Å². The van der Waals surface area contributed by atoms with Crippen molar-refractivity contribution in [1.29, 1.82) is 0 Å². The number of rotatable bonds is 3. The molecule has 0 radical (unpaired) electrons. The first-order chi connectivity index (χ1) is 12.3. The Morgan fingerprint density at radius 3 is 1.64 bits per heavy atom. The summed E-state index contributed by atoms with van der Waals surface area (Å²) in [5.74, 6) is 0. The second-order valence-corrected chi connectivity index (χ2v) is 6.27. The van der Waals surface area contributed by atoms with Gasteiger partial charge in [-0.25, -0.2) is 0 Å². The Labute approximate surface area is 149 Å². The number of fused-ring (bicyclic) bond motifs is 1. The van der Waals surface area contributed by atoms with Crippen LogP contribution in [-0.4, -0.2) is 0 Å². The van der Waals surface area contributed by atoms with Crippen molar-refractivity contribution in [2.45, 2.75) is 6.92 Å². The minimum atomic E-state index is 1.20. The van der Waals surface area contributed by atoms with Crippen LogP contribution in [0.15, 0.2) is 91.5 Å². The Morgan fingerprint density at radius 1 is 0.600 bits per heavy atom. The molecule has 0 saturated heterocycles. The van der Waals surface area contributed by atoms with Crippen LogP contribution >= 0.6 is 0 Å². The van der Waals surface area contributed by atoms with Crippen molar-refractivity contribution >= 4 is 16.8 Å². The summed E-state index contributed by atoms with van der Waals surface area (Å²) >= 11 is 0. The minimum absolute atomic E-state index is 1.20. The summed E-state index contributed by atoms with van der Waals surface area (Å²) in [6, 6.07) is 29.9. The lowest BCUT2D eigenvalue weighted by atomic mass is 9.83. The Hall–Kier alpha value is -3.12. The maximum absolute atomic E-state index is 4.13. The van der Waals surface area contributed by atoms with E-state index in [0.717, 1.165) is 0 Å². The summed E-state index contributed by atoms with van der Waals surface area (Å²) in [7, 11) is 0. The summed E-state index contributed by atoms with van der Waals surface area (Å²) in [4.78, 5) is 0. The van der Waals surface area contributed by atoms with Gasteiger partial charge in [0, 0.05) is 0 Å². The second-order valence-electron chi connectivity index (χ2n) is 6.27. The molecule has 0 atom stereocenters. The van der Waals surface area contributed by atoms with E-state index in [1.807, 2.05) is 6.08 Å². The van der Waals surface area contributed by atoms with Gasteiger partial charge in [-0.15, -0.1) is 0 Å². The Balaban J connectivity index is 2.22. The van der Waals surface area contributed by atoms with Crippen LogP contribution in [0.1, 0.15) is 11.1 Å².